The van der Waals surface area contributed by atoms with Crippen molar-refractivity contribution in [3.8, 4) is 0 Å². The number of nitrogens with zero attached hydrogens (tertiary/aromatic N) is 1. The van der Waals surface area contributed by atoms with Crippen LogP contribution in [0.2, 0.25) is 0 Å². The minimum Gasteiger partial charge on any atom is -0.286 e. The number of benzene rings is 2. The highest BCUT2D eigenvalue weighted by atomic mass is 32.2. The number of hydrogen-bond donors (Lipinski definition) is 2. The number of carbonyl (C=O) groups is 2. The van der Waals surface area contributed by atoms with Gasteiger partial charge in [-0.15, -0.1) is 0 Å². The number of carbonyl (C=O) groups excluding carboxylic acids is 2. The van der Waals surface area contributed by atoms with E-state index in [1.165, 1.54) is 18.2 Å². The van der Waals surface area contributed by atoms with E-state index in [-0.39, 0.29) is 30.2 Å². The Kier molecular flexibility index (Phi) is 6.05. The van der Waals surface area contributed by atoms with Crippen molar-refractivity contribution in [1.82, 2.24) is 15.8 Å². The van der Waals surface area contributed by atoms with Gasteiger partial charge in [-0.3, -0.25) is 25.3 Å². The van der Waals surface area contributed by atoms with Crippen LogP contribution in [-0.2, 0) is 14.6 Å². The predicted molar refractivity (Wildman–Crippen MR) is 101 cm³/mol. The fourth-order valence-corrected chi connectivity index (χ4v) is 4.28. The first-order chi connectivity index (χ1) is 13.4. The van der Waals surface area contributed by atoms with E-state index in [4.69, 9.17) is 0 Å². The van der Waals surface area contributed by atoms with E-state index in [2.05, 4.69) is 10.9 Å². The average Bonchev–Trinajstić information content (AvgIpc) is 2.69. The molecule has 3 rings (SSSR count). The predicted octanol–water partition coefficient (Wildman–Crippen LogP) is 1.06. The van der Waals surface area contributed by atoms with Crippen LogP contribution < -0.4 is 10.9 Å². The highest BCUT2D eigenvalue weighted by Gasteiger charge is 2.32. The summed E-state index contributed by atoms with van der Waals surface area (Å²) in [6.45, 7) is 0.410. The highest BCUT2D eigenvalue weighted by molar-refractivity contribution is 7.91. The molecule has 9 heteroatoms. The normalized spacial score (nSPS) is 17.5. The summed E-state index contributed by atoms with van der Waals surface area (Å²) in [6, 6.07) is 13.5. The average molecular weight is 405 g/mol. The maximum atomic E-state index is 13.7. The van der Waals surface area contributed by atoms with Crippen molar-refractivity contribution in [2.24, 2.45) is 0 Å². The number of amides is 2. The standard InChI is InChI=1S/C19H20FN3O4S/c20-16-9-5-4-8-15(16)18(24)21-22-19(25)17(14-6-2-1-3-7-14)23-10-12-28(26,27)13-11-23/h1-9,17H,10-13H2,(H,21,24)(H,22,25). The van der Waals surface area contributed by atoms with Crippen molar-refractivity contribution in [3.05, 3.63) is 71.5 Å². The quantitative estimate of drug-likeness (QED) is 0.742. The second-order valence-corrected chi connectivity index (χ2v) is 8.73. The van der Waals surface area contributed by atoms with Gasteiger partial charge in [-0.05, 0) is 17.7 Å². The highest BCUT2D eigenvalue weighted by Crippen LogP contribution is 2.23. The molecule has 0 bridgehead atoms. The Morgan fingerprint density at radius 1 is 0.929 bits per heavy atom. The van der Waals surface area contributed by atoms with Crippen molar-refractivity contribution >= 4 is 21.7 Å². The molecule has 0 spiro atoms. The summed E-state index contributed by atoms with van der Waals surface area (Å²) in [6.07, 6.45) is 0. The molecule has 0 aromatic heterocycles. The first-order valence-electron chi connectivity index (χ1n) is 8.71. The third kappa shape index (κ3) is 4.73. The van der Waals surface area contributed by atoms with Gasteiger partial charge in [0, 0.05) is 13.1 Å². The lowest BCUT2D eigenvalue weighted by atomic mass is 10.0. The maximum Gasteiger partial charge on any atom is 0.272 e. The number of sulfone groups is 1. The van der Waals surface area contributed by atoms with Crippen LogP contribution in [0.1, 0.15) is 22.0 Å². The lowest BCUT2D eigenvalue weighted by molar-refractivity contribution is -0.127. The van der Waals surface area contributed by atoms with Crippen molar-refractivity contribution in [2.75, 3.05) is 24.6 Å². The first kappa shape index (κ1) is 20.0. The maximum absolute atomic E-state index is 13.7. The number of halogens is 1. The largest absolute Gasteiger partial charge is 0.286 e. The number of hydrogen-bond acceptors (Lipinski definition) is 5. The molecule has 2 N–H and O–H groups in total. The van der Waals surface area contributed by atoms with Crippen LogP contribution in [0.15, 0.2) is 54.6 Å². The molecule has 1 heterocycles. The minimum absolute atomic E-state index is 0.0365. The van der Waals surface area contributed by atoms with E-state index in [1.54, 1.807) is 35.2 Å². The van der Waals surface area contributed by atoms with Crippen LogP contribution in [0.25, 0.3) is 0 Å². The zero-order chi connectivity index (χ0) is 20.1. The molecule has 1 aliphatic rings. The van der Waals surface area contributed by atoms with Crippen molar-refractivity contribution < 1.29 is 22.4 Å². The SMILES string of the molecule is O=C(NNC(=O)C(c1ccccc1)N1CCS(=O)(=O)CC1)c1ccccc1F. The monoisotopic (exact) mass is 405 g/mol. The smallest absolute Gasteiger partial charge is 0.272 e. The van der Waals surface area contributed by atoms with Crippen molar-refractivity contribution in [2.45, 2.75) is 6.04 Å². The minimum atomic E-state index is -3.11. The molecule has 7 nitrogen and oxygen atoms in total. The lowest BCUT2D eigenvalue weighted by Crippen LogP contribution is -2.51. The molecule has 1 saturated heterocycles. The second-order valence-electron chi connectivity index (χ2n) is 6.42. The fourth-order valence-electron chi connectivity index (χ4n) is 3.05. The Labute approximate surface area is 162 Å². The zero-order valence-electron chi connectivity index (χ0n) is 15.0. The number of rotatable bonds is 4. The van der Waals surface area contributed by atoms with Crippen LogP contribution in [0.3, 0.4) is 0 Å². The lowest BCUT2D eigenvalue weighted by Gasteiger charge is -2.33. The molecule has 2 aromatic rings. The van der Waals surface area contributed by atoms with Gasteiger partial charge in [0.05, 0.1) is 17.1 Å². The molecule has 1 atom stereocenters. The Morgan fingerprint density at radius 3 is 2.18 bits per heavy atom. The Balaban J connectivity index is 1.74. The topological polar surface area (TPSA) is 95.6 Å². The number of hydrazine groups is 1. The molecular weight excluding hydrogens is 385 g/mol. The van der Waals surface area contributed by atoms with Gasteiger partial charge in [-0.2, -0.15) is 0 Å². The zero-order valence-corrected chi connectivity index (χ0v) is 15.8. The van der Waals surface area contributed by atoms with E-state index in [9.17, 15) is 22.4 Å². The summed E-state index contributed by atoms with van der Waals surface area (Å²) >= 11 is 0. The van der Waals surface area contributed by atoms with Crippen molar-refractivity contribution in [1.29, 1.82) is 0 Å². The van der Waals surface area contributed by atoms with Gasteiger partial charge in [-0.1, -0.05) is 42.5 Å². The fraction of sp³-hybridized carbons (Fsp3) is 0.263. The van der Waals surface area contributed by atoms with E-state index in [1.807, 2.05) is 0 Å². The first-order valence-corrected chi connectivity index (χ1v) is 10.5. The molecule has 0 saturated carbocycles. The van der Waals surface area contributed by atoms with E-state index in [0.29, 0.717) is 5.56 Å². The summed E-state index contributed by atoms with van der Waals surface area (Å²) in [4.78, 5) is 26.7. The van der Waals surface area contributed by atoms with Gasteiger partial charge in [0.2, 0.25) is 0 Å². The molecule has 2 aromatic carbocycles. The summed E-state index contributed by atoms with van der Waals surface area (Å²) in [5.74, 6) is -2.08. The van der Waals surface area contributed by atoms with E-state index in [0.717, 1.165) is 6.07 Å². The Morgan fingerprint density at radius 2 is 1.54 bits per heavy atom. The van der Waals surface area contributed by atoms with Crippen LogP contribution >= 0.6 is 0 Å². The van der Waals surface area contributed by atoms with Crippen LogP contribution in [0.5, 0.6) is 0 Å². The molecule has 0 radical (unpaired) electrons. The molecule has 1 unspecified atom stereocenters. The third-order valence-electron chi connectivity index (χ3n) is 4.53. The second kappa shape index (κ2) is 8.49. The molecule has 1 aliphatic heterocycles. The molecule has 148 valence electrons. The molecule has 0 aliphatic carbocycles. The van der Waals surface area contributed by atoms with E-state index >= 15 is 0 Å². The summed E-state index contributed by atoms with van der Waals surface area (Å²) in [7, 11) is -3.11. The molecule has 28 heavy (non-hydrogen) atoms. The Hall–Kier alpha value is -2.78. The van der Waals surface area contributed by atoms with Crippen LogP contribution in [-0.4, -0.2) is 49.7 Å². The summed E-state index contributed by atoms with van der Waals surface area (Å²) < 4.78 is 37.1. The van der Waals surface area contributed by atoms with E-state index < -0.39 is 33.5 Å². The van der Waals surface area contributed by atoms with Gasteiger partial charge in [0.25, 0.3) is 11.8 Å². The summed E-state index contributed by atoms with van der Waals surface area (Å²) in [5.41, 5.74) is 5.02. The summed E-state index contributed by atoms with van der Waals surface area (Å²) in [5, 5.41) is 0. The Bertz CT molecular complexity index is 952. The van der Waals surface area contributed by atoms with Crippen LogP contribution in [0, 0.1) is 5.82 Å². The molecular formula is C19H20FN3O4S. The van der Waals surface area contributed by atoms with Gasteiger partial charge >= 0.3 is 0 Å². The van der Waals surface area contributed by atoms with Gasteiger partial charge in [0.15, 0.2) is 9.84 Å². The third-order valence-corrected chi connectivity index (χ3v) is 6.13. The van der Waals surface area contributed by atoms with Crippen molar-refractivity contribution in [3.63, 3.8) is 0 Å². The molecule has 2 amide bonds. The number of nitrogens with one attached hydrogen (secondary N) is 2. The van der Waals surface area contributed by atoms with Gasteiger partial charge in [0.1, 0.15) is 11.9 Å². The van der Waals surface area contributed by atoms with Gasteiger partial charge < -0.3 is 0 Å². The van der Waals surface area contributed by atoms with Crippen LogP contribution in [0.4, 0.5) is 4.39 Å². The molecule has 1 fully saturated rings. The van der Waals surface area contributed by atoms with Gasteiger partial charge in [-0.25, -0.2) is 12.8 Å².